The van der Waals surface area contributed by atoms with Gasteiger partial charge in [-0.3, -0.25) is 9.89 Å². The molecular weight excluding hydrogens is 513 g/mol. The molecule has 0 spiro atoms. The standard InChI is InChI=1S/C24H35N7.HI/c1-20-4-6-22(7-5-20)19-29-12-8-21(9-13-29)18-28-23(25-2)30-14-16-31(17-15-30)24-26-10-3-11-27-24;/h3-7,10-11,21H,8-9,12-19H2,1-2H3,(H,25,28);1H. The van der Waals surface area contributed by atoms with Crippen molar-refractivity contribution in [2.75, 3.05) is 57.8 Å². The van der Waals surface area contributed by atoms with Crippen LogP contribution in [0, 0.1) is 12.8 Å². The van der Waals surface area contributed by atoms with E-state index in [9.17, 15) is 0 Å². The normalized spacial score (nSPS) is 18.4. The Labute approximate surface area is 209 Å². The van der Waals surface area contributed by atoms with Gasteiger partial charge in [-0.25, -0.2) is 9.97 Å². The predicted molar refractivity (Wildman–Crippen MR) is 142 cm³/mol. The quantitative estimate of drug-likeness (QED) is 0.352. The molecule has 0 atom stereocenters. The van der Waals surface area contributed by atoms with Crippen LogP contribution < -0.4 is 10.2 Å². The van der Waals surface area contributed by atoms with Gasteiger partial charge in [0.15, 0.2) is 5.96 Å². The minimum Gasteiger partial charge on any atom is -0.356 e. The summed E-state index contributed by atoms with van der Waals surface area (Å²) in [6.45, 7) is 10.3. The molecule has 0 saturated carbocycles. The molecule has 1 aromatic carbocycles. The summed E-state index contributed by atoms with van der Waals surface area (Å²) >= 11 is 0. The highest BCUT2D eigenvalue weighted by Crippen LogP contribution is 2.19. The fraction of sp³-hybridized carbons (Fsp3) is 0.542. The van der Waals surface area contributed by atoms with E-state index in [1.54, 1.807) is 12.4 Å². The van der Waals surface area contributed by atoms with Crippen molar-refractivity contribution in [3.63, 3.8) is 0 Å². The Bertz CT molecular complexity index is 827. The molecule has 1 aromatic heterocycles. The van der Waals surface area contributed by atoms with Gasteiger partial charge in [0.2, 0.25) is 5.95 Å². The Morgan fingerprint density at radius 1 is 1.00 bits per heavy atom. The minimum atomic E-state index is 0. The lowest BCUT2D eigenvalue weighted by molar-refractivity contribution is 0.177. The molecule has 0 aliphatic carbocycles. The van der Waals surface area contributed by atoms with Gasteiger partial charge in [0.1, 0.15) is 0 Å². The van der Waals surface area contributed by atoms with Crippen LogP contribution in [0.4, 0.5) is 5.95 Å². The number of anilines is 1. The number of hydrogen-bond donors (Lipinski definition) is 1. The number of halogens is 1. The van der Waals surface area contributed by atoms with E-state index in [0.29, 0.717) is 5.92 Å². The number of benzene rings is 1. The fourth-order valence-corrected chi connectivity index (χ4v) is 4.44. The van der Waals surface area contributed by atoms with Crippen LogP contribution in [0.15, 0.2) is 47.7 Å². The van der Waals surface area contributed by atoms with Gasteiger partial charge in [0, 0.05) is 58.7 Å². The molecule has 2 aliphatic heterocycles. The van der Waals surface area contributed by atoms with Crippen molar-refractivity contribution in [2.24, 2.45) is 10.9 Å². The van der Waals surface area contributed by atoms with Crippen molar-refractivity contribution < 1.29 is 0 Å². The molecule has 2 aliphatic rings. The lowest BCUT2D eigenvalue weighted by Crippen LogP contribution is -2.53. The maximum atomic E-state index is 4.54. The summed E-state index contributed by atoms with van der Waals surface area (Å²) in [6.07, 6.45) is 6.10. The summed E-state index contributed by atoms with van der Waals surface area (Å²) in [4.78, 5) is 20.5. The average molecular weight is 550 g/mol. The largest absolute Gasteiger partial charge is 0.356 e. The minimum absolute atomic E-state index is 0. The monoisotopic (exact) mass is 549 g/mol. The molecule has 2 aromatic rings. The molecule has 7 nitrogen and oxygen atoms in total. The zero-order valence-corrected chi connectivity index (χ0v) is 21.6. The van der Waals surface area contributed by atoms with Gasteiger partial charge in [0.05, 0.1) is 0 Å². The molecular formula is C24H36IN7. The molecule has 32 heavy (non-hydrogen) atoms. The summed E-state index contributed by atoms with van der Waals surface area (Å²) in [5, 5.41) is 3.64. The number of nitrogens with one attached hydrogen (secondary N) is 1. The van der Waals surface area contributed by atoms with E-state index in [1.165, 1.54) is 37.1 Å². The van der Waals surface area contributed by atoms with Crippen molar-refractivity contribution >= 4 is 35.9 Å². The average Bonchev–Trinajstić information content (AvgIpc) is 2.83. The number of guanidine groups is 1. The molecule has 2 fully saturated rings. The van der Waals surface area contributed by atoms with Crippen LogP contribution in [0.25, 0.3) is 0 Å². The van der Waals surface area contributed by atoms with Crippen molar-refractivity contribution in [1.29, 1.82) is 0 Å². The first-order chi connectivity index (χ1) is 15.2. The highest BCUT2D eigenvalue weighted by molar-refractivity contribution is 14.0. The number of rotatable bonds is 5. The Kier molecular flexibility index (Phi) is 9.52. The molecule has 8 heteroatoms. The molecule has 1 N–H and O–H groups in total. The van der Waals surface area contributed by atoms with E-state index < -0.39 is 0 Å². The lowest BCUT2D eigenvalue weighted by atomic mass is 9.96. The molecule has 4 rings (SSSR count). The first-order valence-corrected chi connectivity index (χ1v) is 11.5. The molecule has 0 radical (unpaired) electrons. The van der Waals surface area contributed by atoms with E-state index >= 15 is 0 Å². The second kappa shape index (κ2) is 12.3. The first-order valence-electron chi connectivity index (χ1n) is 11.5. The van der Waals surface area contributed by atoms with E-state index in [4.69, 9.17) is 0 Å². The van der Waals surface area contributed by atoms with Crippen molar-refractivity contribution in [3.8, 4) is 0 Å². The molecule has 2 saturated heterocycles. The smallest absolute Gasteiger partial charge is 0.225 e. The number of aromatic nitrogens is 2. The van der Waals surface area contributed by atoms with Crippen LogP contribution in [0.3, 0.4) is 0 Å². The molecule has 0 amide bonds. The van der Waals surface area contributed by atoms with Gasteiger partial charge in [-0.1, -0.05) is 29.8 Å². The van der Waals surface area contributed by atoms with Crippen LogP contribution >= 0.6 is 24.0 Å². The topological polar surface area (TPSA) is 59.9 Å². The summed E-state index contributed by atoms with van der Waals surface area (Å²) in [5.74, 6) is 2.56. The van der Waals surface area contributed by atoms with Crippen LogP contribution in [0.2, 0.25) is 0 Å². The first kappa shape index (κ1) is 24.7. The zero-order chi connectivity index (χ0) is 21.5. The molecule has 174 valence electrons. The van der Waals surface area contributed by atoms with Crippen LogP contribution in [0.1, 0.15) is 24.0 Å². The van der Waals surface area contributed by atoms with Crippen LogP contribution in [-0.2, 0) is 6.54 Å². The van der Waals surface area contributed by atoms with Gasteiger partial charge >= 0.3 is 0 Å². The Hall–Kier alpha value is -1.94. The van der Waals surface area contributed by atoms with Crippen molar-refractivity contribution in [2.45, 2.75) is 26.3 Å². The molecule has 0 bridgehead atoms. The van der Waals surface area contributed by atoms with Crippen molar-refractivity contribution in [3.05, 3.63) is 53.9 Å². The second-order valence-electron chi connectivity index (χ2n) is 8.66. The zero-order valence-electron chi connectivity index (χ0n) is 19.3. The highest BCUT2D eigenvalue weighted by Gasteiger charge is 2.23. The van der Waals surface area contributed by atoms with Gasteiger partial charge < -0.3 is 15.1 Å². The Balaban J connectivity index is 0.00000289. The summed E-state index contributed by atoms with van der Waals surface area (Å²) < 4.78 is 0. The maximum Gasteiger partial charge on any atom is 0.225 e. The lowest BCUT2D eigenvalue weighted by Gasteiger charge is -2.37. The van der Waals surface area contributed by atoms with Gasteiger partial charge in [-0.2, -0.15) is 0 Å². The number of likely N-dealkylation sites (tertiary alicyclic amines) is 1. The van der Waals surface area contributed by atoms with E-state index in [2.05, 4.69) is 66.2 Å². The van der Waals surface area contributed by atoms with Crippen molar-refractivity contribution in [1.82, 2.24) is 25.1 Å². The van der Waals surface area contributed by atoms with Crippen LogP contribution in [-0.4, -0.2) is 78.6 Å². The Morgan fingerprint density at radius 2 is 1.66 bits per heavy atom. The number of piperidine rings is 1. The summed E-state index contributed by atoms with van der Waals surface area (Å²) in [7, 11) is 1.89. The van der Waals surface area contributed by atoms with E-state index in [-0.39, 0.29) is 24.0 Å². The third kappa shape index (κ3) is 6.78. The highest BCUT2D eigenvalue weighted by atomic mass is 127. The molecule has 3 heterocycles. The SMILES string of the molecule is CN=C(NCC1CCN(Cc2ccc(C)cc2)CC1)N1CCN(c2ncccn2)CC1.I. The number of aliphatic imine (C=N–C) groups is 1. The number of piperazine rings is 1. The number of nitrogens with zero attached hydrogens (tertiary/aromatic N) is 6. The molecule has 0 unspecified atom stereocenters. The third-order valence-corrected chi connectivity index (χ3v) is 6.41. The van der Waals surface area contributed by atoms with Gasteiger partial charge in [0.25, 0.3) is 0 Å². The number of aryl methyl sites for hydroxylation is 1. The predicted octanol–water partition coefficient (Wildman–Crippen LogP) is 3.01. The third-order valence-electron chi connectivity index (χ3n) is 6.41. The van der Waals surface area contributed by atoms with Gasteiger partial charge in [-0.05, 0) is 50.4 Å². The fourth-order valence-electron chi connectivity index (χ4n) is 4.44. The summed E-state index contributed by atoms with van der Waals surface area (Å²) in [6, 6.07) is 10.8. The summed E-state index contributed by atoms with van der Waals surface area (Å²) in [5.41, 5.74) is 2.75. The maximum absolute atomic E-state index is 4.54. The van der Waals surface area contributed by atoms with Crippen LogP contribution in [0.5, 0.6) is 0 Å². The Morgan fingerprint density at radius 3 is 2.28 bits per heavy atom. The number of hydrogen-bond acceptors (Lipinski definition) is 5. The van der Waals surface area contributed by atoms with Gasteiger partial charge in [-0.15, -0.1) is 24.0 Å². The second-order valence-corrected chi connectivity index (χ2v) is 8.66. The van der Waals surface area contributed by atoms with E-state index in [0.717, 1.165) is 51.2 Å². The van der Waals surface area contributed by atoms with E-state index in [1.807, 2.05) is 13.1 Å².